The number of halogens is 2. The fraction of sp³-hybridized carbons (Fsp3) is 0.150. The molecule has 1 aliphatic carbocycles. The Labute approximate surface area is 144 Å². The molecule has 1 aliphatic heterocycles. The number of carbonyl (C=O) groups is 1. The monoisotopic (exact) mass is 339 g/mol. The van der Waals surface area contributed by atoms with E-state index in [-0.39, 0.29) is 5.82 Å². The molecule has 4 rings (SSSR count). The van der Waals surface area contributed by atoms with E-state index in [1.807, 2.05) is 12.1 Å². The van der Waals surface area contributed by atoms with Crippen LogP contribution in [0.2, 0.25) is 5.02 Å². The van der Waals surface area contributed by atoms with Crippen LogP contribution in [0.4, 0.5) is 10.1 Å². The summed E-state index contributed by atoms with van der Waals surface area (Å²) in [5, 5.41) is 0.360. The second-order valence-corrected chi connectivity index (χ2v) is 6.57. The highest BCUT2D eigenvalue weighted by molar-refractivity contribution is 6.33. The average Bonchev–Trinajstić information content (AvgIpc) is 3.39. The van der Waals surface area contributed by atoms with Crippen molar-refractivity contribution in [2.24, 2.45) is 0 Å². The van der Waals surface area contributed by atoms with Gasteiger partial charge in [-0.25, -0.2) is 4.39 Å². The highest BCUT2D eigenvalue weighted by Crippen LogP contribution is 2.43. The van der Waals surface area contributed by atoms with Gasteiger partial charge in [-0.05, 0) is 54.2 Å². The van der Waals surface area contributed by atoms with Crippen molar-refractivity contribution >= 4 is 35.3 Å². The van der Waals surface area contributed by atoms with Crippen molar-refractivity contribution in [3.05, 3.63) is 76.2 Å². The fourth-order valence-corrected chi connectivity index (χ4v) is 3.40. The third-order valence-corrected chi connectivity index (χ3v) is 4.91. The quantitative estimate of drug-likeness (QED) is 0.675. The number of nitrogens with zero attached hydrogens (tertiary/aromatic N) is 1. The van der Waals surface area contributed by atoms with Crippen LogP contribution < -0.4 is 4.90 Å². The largest absolute Gasteiger partial charge is 0.316 e. The van der Waals surface area contributed by atoms with E-state index in [9.17, 15) is 9.18 Å². The summed E-state index contributed by atoms with van der Waals surface area (Å²) in [5.41, 5.74) is 3.80. The highest BCUT2D eigenvalue weighted by Gasteiger charge is 2.28. The molecule has 1 heterocycles. The molecule has 0 atom stereocenters. The summed E-state index contributed by atoms with van der Waals surface area (Å²) >= 11 is 6.10. The van der Waals surface area contributed by atoms with Gasteiger partial charge in [0.15, 0.2) is 6.29 Å². The molecule has 24 heavy (non-hydrogen) atoms. The number of anilines is 1. The molecule has 1 saturated carbocycles. The van der Waals surface area contributed by atoms with Crippen LogP contribution in [0.3, 0.4) is 0 Å². The molecule has 0 N–H and O–H groups in total. The van der Waals surface area contributed by atoms with Crippen LogP contribution >= 0.6 is 11.6 Å². The Kier molecular flexibility index (Phi) is 3.54. The Balaban J connectivity index is 1.81. The van der Waals surface area contributed by atoms with Crippen molar-refractivity contribution < 1.29 is 9.18 Å². The zero-order valence-electron chi connectivity index (χ0n) is 12.9. The van der Waals surface area contributed by atoms with E-state index in [2.05, 4.69) is 6.58 Å². The van der Waals surface area contributed by atoms with Gasteiger partial charge in [-0.15, -0.1) is 0 Å². The van der Waals surface area contributed by atoms with Crippen molar-refractivity contribution in [1.82, 2.24) is 0 Å². The van der Waals surface area contributed by atoms with Crippen molar-refractivity contribution in [1.29, 1.82) is 0 Å². The van der Waals surface area contributed by atoms with Crippen molar-refractivity contribution in [2.45, 2.75) is 18.8 Å². The van der Waals surface area contributed by atoms with Gasteiger partial charge < -0.3 is 4.90 Å². The van der Waals surface area contributed by atoms with Crippen LogP contribution in [0.5, 0.6) is 0 Å². The summed E-state index contributed by atoms with van der Waals surface area (Å²) in [7, 11) is 0. The van der Waals surface area contributed by atoms with Gasteiger partial charge in [0.05, 0.1) is 16.3 Å². The Morgan fingerprint density at radius 1 is 1.29 bits per heavy atom. The van der Waals surface area contributed by atoms with Crippen LogP contribution in [-0.2, 0) is 0 Å². The minimum Gasteiger partial charge on any atom is -0.316 e. The second-order valence-electron chi connectivity index (χ2n) is 6.16. The van der Waals surface area contributed by atoms with Crippen LogP contribution in [0.15, 0.2) is 43.1 Å². The van der Waals surface area contributed by atoms with Crippen LogP contribution in [0, 0.1) is 5.82 Å². The van der Waals surface area contributed by atoms with Crippen molar-refractivity contribution in [3.8, 4) is 0 Å². The lowest BCUT2D eigenvalue weighted by Crippen LogP contribution is -2.20. The van der Waals surface area contributed by atoms with Crippen LogP contribution in [0.25, 0.3) is 11.8 Å². The standard InChI is InChI=1S/C20H15ClFNO/c1-12-20-14(9-15(10-18(20)22)13-5-6-13)7-8-23(12)19-4-2-3-17(21)16(19)11-24/h2-4,7-11,13H,1,5-6H2. The molecule has 0 spiro atoms. The first kappa shape index (κ1) is 15.2. The SMILES string of the molecule is C=C1c2c(F)cc(C3CC3)cc2C=CN1c1cccc(Cl)c1C=O. The Morgan fingerprint density at radius 2 is 2.08 bits per heavy atom. The second kappa shape index (κ2) is 5.60. The Bertz CT molecular complexity index is 899. The van der Waals surface area contributed by atoms with E-state index in [4.69, 9.17) is 11.6 Å². The first-order valence-electron chi connectivity index (χ1n) is 7.84. The van der Waals surface area contributed by atoms with Crippen LogP contribution in [0.1, 0.15) is 45.8 Å². The van der Waals surface area contributed by atoms with Gasteiger partial charge >= 0.3 is 0 Å². The number of carbonyl (C=O) groups excluding carboxylic acids is 1. The number of benzene rings is 2. The molecule has 2 aromatic carbocycles. The highest BCUT2D eigenvalue weighted by atomic mass is 35.5. The van der Waals surface area contributed by atoms with E-state index < -0.39 is 0 Å². The molecular weight excluding hydrogens is 325 g/mol. The molecule has 4 heteroatoms. The van der Waals surface area contributed by atoms with Gasteiger partial charge in [-0.3, -0.25) is 4.79 Å². The molecule has 0 radical (unpaired) electrons. The average molecular weight is 340 g/mol. The number of hydrogen-bond donors (Lipinski definition) is 0. The third-order valence-electron chi connectivity index (χ3n) is 4.58. The summed E-state index contributed by atoms with van der Waals surface area (Å²) in [6.45, 7) is 4.05. The lowest BCUT2D eigenvalue weighted by Gasteiger charge is -2.29. The zero-order chi connectivity index (χ0) is 16.8. The maximum Gasteiger partial charge on any atom is 0.153 e. The first-order valence-corrected chi connectivity index (χ1v) is 8.22. The fourth-order valence-electron chi connectivity index (χ4n) is 3.18. The van der Waals surface area contributed by atoms with Gasteiger partial charge in [0.25, 0.3) is 0 Å². The lowest BCUT2D eigenvalue weighted by atomic mass is 9.95. The van der Waals surface area contributed by atoms with Gasteiger partial charge in [-0.2, -0.15) is 0 Å². The van der Waals surface area contributed by atoms with Gasteiger partial charge in [0, 0.05) is 17.5 Å². The van der Waals surface area contributed by atoms with Gasteiger partial charge in [-0.1, -0.05) is 30.3 Å². The smallest absolute Gasteiger partial charge is 0.153 e. The maximum atomic E-state index is 14.7. The summed E-state index contributed by atoms with van der Waals surface area (Å²) in [6, 6.07) is 8.83. The number of aldehydes is 1. The van der Waals surface area contributed by atoms with E-state index in [0.717, 1.165) is 24.0 Å². The molecule has 2 aromatic rings. The molecule has 0 amide bonds. The number of rotatable bonds is 3. The first-order chi connectivity index (χ1) is 11.6. The molecule has 2 nitrogen and oxygen atoms in total. The maximum absolute atomic E-state index is 14.7. The molecule has 0 saturated heterocycles. The predicted octanol–water partition coefficient (Wildman–Crippen LogP) is 5.63. The number of hydrogen-bond acceptors (Lipinski definition) is 2. The summed E-state index contributed by atoms with van der Waals surface area (Å²) in [6.07, 6.45) is 6.62. The van der Waals surface area contributed by atoms with E-state index in [0.29, 0.717) is 39.7 Å². The Hall–Kier alpha value is -2.39. The molecule has 2 aliphatic rings. The van der Waals surface area contributed by atoms with Crippen LogP contribution in [-0.4, -0.2) is 6.29 Å². The Morgan fingerprint density at radius 3 is 2.79 bits per heavy atom. The molecule has 1 fully saturated rings. The zero-order valence-corrected chi connectivity index (χ0v) is 13.7. The van der Waals surface area contributed by atoms with Gasteiger partial charge in [0.1, 0.15) is 5.82 Å². The minimum atomic E-state index is -0.275. The number of fused-ring (bicyclic) bond motifs is 1. The summed E-state index contributed by atoms with van der Waals surface area (Å²) in [5.74, 6) is 0.211. The molecule has 0 unspecified atom stereocenters. The topological polar surface area (TPSA) is 20.3 Å². The normalized spacial score (nSPS) is 16.2. The van der Waals surface area contributed by atoms with E-state index >= 15 is 0 Å². The minimum absolute atomic E-state index is 0.275. The summed E-state index contributed by atoms with van der Waals surface area (Å²) in [4.78, 5) is 13.1. The third kappa shape index (κ3) is 2.36. The molecule has 0 bridgehead atoms. The summed E-state index contributed by atoms with van der Waals surface area (Å²) < 4.78 is 14.7. The molecular formula is C20H15ClFNO. The molecule has 0 aromatic heterocycles. The van der Waals surface area contributed by atoms with Gasteiger partial charge in [0.2, 0.25) is 0 Å². The van der Waals surface area contributed by atoms with E-state index in [1.54, 1.807) is 35.4 Å². The van der Waals surface area contributed by atoms with Crippen molar-refractivity contribution in [3.63, 3.8) is 0 Å². The van der Waals surface area contributed by atoms with E-state index in [1.165, 1.54) is 0 Å². The predicted molar refractivity (Wildman–Crippen MR) is 95.8 cm³/mol. The lowest BCUT2D eigenvalue weighted by molar-refractivity contribution is 0.112. The molecule has 120 valence electrons. The van der Waals surface area contributed by atoms with Crippen molar-refractivity contribution in [2.75, 3.05) is 4.90 Å².